The van der Waals surface area contributed by atoms with Gasteiger partial charge in [-0.05, 0) is 141 Å². The van der Waals surface area contributed by atoms with Crippen LogP contribution in [-0.4, -0.2) is 27.4 Å². The van der Waals surface area contributed by atoms with E-state index in [-0.39, 0.29) is 17.5 Å². The highest BCUT2D eigenvalue weighted by Crippen LogP contribution is 2.47. The van der Waals surface area contributed by atoms with E-state index in [1.165, 1.54) is 108 Å². The number of rotatable bonds is 11. The summed E-state index contributed by atoms with van der Waals surface area (Å²) in [5.74, 6) is 0. The Morgan fingerprint density at radius 1 is 0.272 bits per heavy atom. The van der Waals surface area contributed by atoms with Gasteiger partial charge < -0.3 is 14.4 Å². The molecule has 0 saturated carbocycles. The molecule has 0 saturated heterocycles. The van der Waals surface area contributed by atoms with Crippen LogP contribution in [0.1, 0.15) is 52.7 Å². The lowest BCUT2D eigenvalue weighted by Crippen LogP contribution is -2.80. The number of fused-ring (bicyclic) bond motifs is 7. The quantitative estimate of drug-likeness (QED) is 0.0945. The fraction of sp³-hybridized carbons (Fsp3) is 0.0930. The summed E-state index contributed by atoms with van der Waals surface area (Å²) < 4.78 is 2.53. The van der Waals surface area contributed by atoms with Gasteiger partial charge >= 0.3 is 0 Å². The molecule has 14 aromatic rings. The molecule has 0 N–H and O–H groups in total. The highest BCUT2D eigenvalue weighted by atomic mass is 28.3. The molecule has 0 amide bonds. The van der Waals surface area contributed by atoms with E-state index in [4.69, 9.17) is 0 Å². The minimum atomic E-state index is -3.22. The van der Waals surface area contributed by atoms with Gasteiger partial charge in [0, 0.05) is 44.9 Å². The van der Waals surface area contributed by atoms with E-state index in [1.54, 1.807) is 0 Å². The summed E-state index contributed by atoms with van der Waals surface area (Å²) in [5, 5.41) is 13.3. The zero-order chi connectivity index (χ0) is 62.3. The summed E-state index contributed by atoms with van der Waals surface area (Å²) in [5.41, 5.74) is 16.7. The summed E-state index contributed by atoms with van der Waals surface area (Å²) in [6, 6.07) is 126. The van der Waals surface area contributed by atoms with Crippen molar-refractivity contribution >= 4 is 137 Å². The largest absolute Gasteiger partial charge is 0.311 e. The van der Waals surface area contributed by atoms with Crippen molar-refractivity contribution in [1.82, 2.24) is 4.57 Å². The van der Waals surface area contributed by atoms with E-state index in [0.717, 1.165) is 22.7 Å². The lowest BCUT2D eigenvalue weighted by molar-refractivity contribution is 0.590. The van der Waals surface area contributed by atoms with Gasteiger partial charge in [0.1, 0.15) is 0 Å². The van der Waals surface area contributed by atoms with Crippen molar-refractivity contribution < 1.29 is 0 Å². The molecule has 2 aliphatic rings. The molecule has 0 aliphatic carbocycles. The number of para-hydroxylation sites is 2. The predicted molar refractivity (Wildman–Crippen MR) is 399 cm³/mol. The third-order valence-electron chi connectivity index (χ3n) is 20.0. The smallest absolute Gasteiger partial charge is 0.252 e. The van der Waals surface area contributed by atoms with Crippen LogP contribution in [0.3, 0.4) is 0 Å². The topological polar surface area (TPSA) is 11.4 Å². The Morgan fingerprint density at radius 2 is 0.641 bits per heavy atom. The third kappa shape index (κ3) is 8.98. The number of hydrogen-bond acceptors (Lipinski definition) is 2. The summed E-state index contributed by atoms with van der Waals surface area (Å²) in [7, 11) is -6.12. The Hall–Kier alpha value is -10.2. The first-order valence-electron chi connectivity index (χ1n) is 32.5. The van der Waals surface area contributed by atoms with Crippen LogP contribution >= 0.6 is 0 Å². The molecular formula is C86H72BN3Si2. The van der Waals surface area contributed by atoms with Gasteiger partial charge in [-0.25, -0.2) is 0 Å². The molecule has 3 heterocycles. The first kappa shape index (κ1) is 57.0. The van der Waals surface area contributed by atoms with Gasteiger partial charge in [0.2, 0.25) is 0 Å². The fourth-order valence-electron chi connectivity index (χ4n) is 15.8. The average Bonchev–Trinajstić information content (AvgIpc) is 0.815. The van der Waals surface area contributed by atoms with Gasteiger partial charge in [0.25, 0.3) is 6.71 Å². The van der Waals surface area contributed by atoms with Crippen molar-refractivity contribution in [3.8, 4) is 5.69 Å². The second-order valence-corrected chi connectivity index (χ2v) is 34.8. The van der Waals surface area contributed by atoms with E-state index in [1.807, 2.05) is 0 Å². The fourth-order valence-corrected chi connectivity index (χ4v) is 25.5. The molecule has 0 unspecified atom stereocenters. The van der Waals surface area contributed by atoms with Crippen LogP contribution in [0.4, 0.5) is 34.1 Å². The number of aromatic nitrogens is 1. The molecular weight excluding hydrogens is 1140 g/mol. The zero-order valence-corrected chi connectivity index (χ0v) is 55.1. The summed E-state index contributed by atoms with van der Waals surface area (Å²) in [6.45, 7) is 13.8. The standard InChI is InChI=1S/C86H72BN3Si2/c1-85(2,3)61-48-51-63(52-49-61)88-78-46-29-47-82(92(69-36-19-10-20-37-69,70-38-21-11-22-39-70)71-40-23-12-24-41-71)84(78)87-75-57-50-62(86(4,5)6)58-79(75)89(81-60-65(59-80(88)83(81)87)90-76-44-27-25-42-73(76)74-43-26-28-45-77(74)90)64-53-55-72(56-54-64)91(66-30-13-7-14-31-66,67-32-15-8-16-33-67)68-34-17-9-18-35-68/h7-60H,1-6H3. The van der Waals surface area contributed by atoms with Crippen molar-refractivity contribution in [3.63, 3.8) is 0 Å². The molecule has 2 aliphatic heterocycles. The van der Waals surface area contributed by atoms with Crippen LogP contribution in [0.5, 0.6) is 0 Å². The zero-order valence-electron chi connectivity index (χ0n) is 53.1. The monoisotopic (exact) mass is 1210 g/mol. The van der Waals surface area contributed by atoms with Crippen molar-refractivity contribution in [2.75, 3.05) is 9.80 Å². The summed E-state index contributed by atoms with van der Waals surface area (Å²) in [6.07, 6.45) is 0. The number of benzene rings is 13. The molecule has 0 fully saturated rings. The molecule has 92 heavy (non-hydrogen) atoms. The van der Waals surface area contributed by atoms with E-state index < -0.39 is 16.1 Å². The minimum absolute atomic E-state index is 0.0461. The molecule has 0 bridgehead atoms. The first-order valence-corrected chi connectivity index (χ1v) is 36.5. The lowest BCUT2D eigenvalue weighted by atomic mass is 9.33. The van der Waals surface area contributed by atoms with Gasteiger partial charge in [0.15, 0.2) is 16.1 Å². The second kappa shape index (κ2) is 22.3. The van der Waals surface area contributed by atoms with Gasteiger partial charge in [-0.15, -0.1) is 0 Å². The van der Waals surface area contributed by atoms with Gasteiger partial charge in [-0.3, -0.25) is 0 Å². The number of anilines is 6. The number of nitrogens with zero attached hydrogens (tertiary/aromatic N) is 3. The normalized spacial score (nSPS) is 13.0. The van der Waals surface area contributed by atoms with Crippen molar-refractivity contribution in [1.29, 1.82) is 0 Å². The van der Waals surface area contributed by atoms with Crippen LogP contribution in [0, 0.1) is 0 Å². The van der Waals surface area contributed by atoms with Gasteiger partial charge in [0.05, 0.1) is 16.7 Å². The lowest BCUT2D eigenvalue weighted by Gasteiger charge is -2.47. The van der Waals surface area contributed by atoms with Crippen molar-refractivity contribution in [3.05, 3.63) is 339 Å². The average molecular weight is 1210 g/mol. The Bertz CT molecular complexity index is 4800. The van der Waals surface area contributed by atoms with Crippen LogP contribution in [0.15, 0.2) is 328 Å². The Balaban J connectivity index is 1.06. The minimum Gasteiger partial charge on any atom is -0.311 e. The van der Waals surface area contributed by atoms with Crippen molar-refractivity contribution in [2.45, 2.75) is 52.4 Å². The molecule has 6 heteroatoms. The predicted octanol–water partition coefficient (Wildman–Crippen LogP) is 14.2. The number of hydrogen-bond donors (Lipinski definition) is 0. The third-order valence-corrected chi connectivity index (χ3v) is 29.6. The maximum Gasteiger partial charge on any atom is 0.252 e. The van der Waals surface area contributed by atoms with Crippen LogP contribution in [0.25, 0.3) is 27.5 Å². The van der Waals surface area contributed by atoms with Gasteiger partial charge in [-0.1, -0.05) is 308 Å². The van der Waals surface area contributed by atoms with E-state index in [9.17, 15) is 0 Å². The summed E-state index contributed by atoms with van der Waals surface area (Å²) >= 11 is 0. The first-order chi connectivity index (χ1) is 44.9. The molecule has 16 rings (SSSR count). The highest BCUT2D eigenvalue weighted by molar-refractivity contribution is 7.22. The molecule has 0 spiro atoms. The second-order valence-electron chi connectivity index (χ2n) is 27.2. The van der Waals surface area contributed by atoms with Crippen molar-refractivity contribution in [2.24, 2.45) is 0 Å². The molecule has 3 nitrogen and oxygen atoms in total. The maximum absolute atomic E-state index is 3.22. The van der Waals surface area contributed by atoms with E-state index in [2.05, 4.69) is 383 Å². The van der Waals surface area contributed by atoms with Gasteiger partial charge in [-0.2, -0.15) is 0 Å². The SMILES string of the molecule is CC(C)(C)c1ccc(N2c3cc(-n4c5ccccc5c5ccccc54)cc4c3B(c3ccc(C(C)(C)C)cc3N4c3ccc([Si](c4ccccc4)(c4ccccc4)c4ccccc4)cc3)c3c2cccc3[Si](c2ccccc2)(c2ccccc2)c2ccccc2)cc1. The molecule has 1 aromatic heterocycles. The van der Waals surface area contributed by atoms with E-state index in [0.29, 0.717) is 0 Å². The Kier molecular flexibility index (Phi) is 13.8. The van der Waals surface area contributed by atoms with Crippen LogP contribution in [0.2, 0.25) is 0 Å². The Labute approximate surface area is 544 Å². The molecule has 442 valence electrons. The van der Waals surface area contributed by atoms with Crippen LogP contribution < -0.4 is 67.7 Å². The molecule has 0 atom stereocenters. The molecule has 0 radical (unpaired) electrons. The molecule has 13 aromatic carbocycles. The van der Waals surface area contributed by atoms with E-state index >= 15 is 0 Å². The Morgan fingerprint density at radius 3 is 1.08 bits per heavy atom. The maximum atomic E-state index is 2.66. The summed E-state index contributed by atoms with van der Waals surface area (Å²) in [4.78, 5) is 5.30. The van der Waals surface area contributed by atoms with Crippen LogP contribution in [-0.2, 0) is 10.8 Å². The highest BCUT2D eigenvalue weighted by Gasteiger charge is 2.51.